The molecule has 3 heteroatoms. The van der Waals surface area contributed by atoms with Crippen LogP contribution in [0.4, 0.5) is 0 Å². The van der Waals surface area contributed by atoms with Gasteiger partial charge in [0.05, 0.1) is 0 Å². The molecule has 0 saturated carbocycles. The van der Waals surface area contributed by atoms with Gasteiger partial charge in [0.1, 0.15) is 5.82 Å². The number of hydrogen-bond donors (Lipinski definition) is 0. The molecule has 0 amide bonds. The van der Waals surface area contributed by atoms with Gasteiger partial charge < -0.3 is 0 Å². The lowest BCUT2D eigenvalue weighted by Crippen LogP contribution is -2.15. The summed E-state index contributed by atoms with van der Waals surface area (Å²) in [5.41, 5.74) is 0.0735. The van der Waals surface area contributed by atoms with Crippen LogP contribution in [0.3, 0.4) is 0 Å². The Morgan fingerprint density at radius 3 is 2.64 bits per heavy atom. The molecular weight excluding hydrogens is 174 g/mol. The number of nitrogens with zero attached hydrogens (tertiary/aromatic N) is 3. The van der Waals surface area contributed by atoms with E-state index in [1.165, 1.54) is 18.7 Å². The minimum absolute atomic E-state index is 0.0735. The van der Waals surface area contributed by atoms with Crippen LogP contribution < -0.4 is 0 Å². The lowest BCUT2D eigenvalue weighted by atomic mass is 9.96. The summed E-state index contributed by atoms with van der Waals surface area (Å²) in [5.74, 6) is 2.75. The van der Waals surface area contributed by atoms with Crippen molar-refractivity contribution < 1.29 is 0 Å². The molecular formula is C11H19N3. The number of fused-ring (bicyclic) bond motifs is 1. The number of aromatic nitrogens is 3. The minimum atomic E-state index is 0.0735. The molecule has 0 N–H and O–H groups in total. The van der Waals surface area contributed by atoms with E-state index < -0.39 is 0 Å². The van der Waals surface area contributed by atoms with Gasteiger partial charge >= 0.3 is 0 Å². The van der Waals surface area contributed by atoms with E-state index >= 15 is 0 Å². The van der Waals surface area contributed by atoms with Crippen molar-refractivity contribution in [3.8, 4) is 0 Å². The maximum Gasteiger partial charge on any atom is 0.156 e. The predicted molar refractivity (Wildman–Crippen MR) is 56.4 cm³/mol. The van der Waals surface area contributed by atoms with Crippen LogP contribution in [0.2, 0.25) is 0 Å². The molecule has 2 rings (SSSR count). The highest BCUT2D eigenvalue weighted by molar-refractivity contribution is 5.07. The zero-order valence-corrected chi connectivity index (χ0v) is 9.54. The van der Waals surface area contributed by atoms with Gasteiger partial charge in [-0.2, -0.15) is 5.10 Å². The van der Waals surface area contributed by atoms with E-state index in [0.29, 0.717) is 5.92 Å². The lowest BCUT2D eigenvalue weighted by molar-refractivity contribution is 0.428. The Morgan fingerprint density at radius 2 is 2.07 bits per heavy atom. The van der Waals surface area contributed by atoms with E-state index in [9.17, 15) is 0 Å². The van der Waals surface area contributed by atoms with Crippen molar-refractivity contribution in [3.63, 3.8) is 0 Å². The highest BCUT2D eigenvalue weighted by Crippen LogP contribution is 2.27. The van der Waals surface area contributed by atoms with Gasteiger partial charge in [0, 0.05) is 17.9 Å². The molecule has 1 aliphatic rings. The van der Waals surface area contributed by atoms with Crippen molar-refractivity contribution >= 4 is 0 Å². The summed E-state index contributed by atoms with van der Waals surface area (Å²) < 4.78 is 2.09. The van der Waals surface area contributed by atoms with Crippen molar-refractivity contribution in [2.75, 3.05) is 0 Å². The maximum absolute atomic E-state index is 4.65. The Morgan fingerprint density at radius 1 is 1.36 bits per heavy atom. The zero-order chi connectivity index (χ0) is 10.3. The van der Waals surface area contributed by atoms with E-state index in [2.05, 4.69) is 42.5 Å². The first-order chi connectivity index (χ1) is 6.48. The van der Waals surface area contributed by atoms with Crippen LogP contribution >= 0.6 is 0 Å². The predicted octanol–water partition coefficient (Wildman–Crippen LogP) is 2.47. The second-order valence-electron chi connectivity index (χ2n) is 5.31. The summed E-state index contributed by atoms with van der Waals surface area (Å²) in [6, 6.07) is 0. The third-order valence-electron chi connectivity index (χ3n) is 2.82. The van der Waals surface area contributed by atoms with Crippen LogP contribution in [0.15, 0.2) is 0 Å². The molecule has 0 radical (unpaired) electrons. The molecule has 1 atom stereocenters. The SMILES string of the molecule is CC1CCCn2nc(C(C)(C)C)nc21. The molecule has 0 saturated heterocycles. The molecule has 14 heavy (non-hydrogen) atoms. The fourth-order valence-electron chi connectivity index (χ4n) is 1.88. The van der Waals surface area contributed by atoms with Gasteiger partial charge in [-0.3, -0.25) is 0 Å². The van der Waals surface area contributed by atoms with E-state index in [0.717, 1.165) is 12.4 Å². The summed E-state index contributed by atoms with van der Waals surface area (Å²) in [6.45, 7) is 9.78. The van der Waals surface area contributed by atoms with E-state index in [1.54, 1.807) is 0 Å². The zero-order valence-electron chi connectivity index (χ0n) is 9.54. The van der Waals surface area contributed by atoms with Gasteiger partial charge in [-0.1, -0.05) is 27.7 Å². The first kappa shape index (κ1) is 9.69. The monoisotopic (exact) mass is 193 g/mol. The standard InChI is InChI=1S/C11H19N3/c1-8-6-5-7-14-9(8)12-10(13-14)11(2,3)4/h8H,5-7H2,1-4H3. The third-order valence-corrected chi connectivity index (χ3v) is 2.82. The fraction of sp³-hybridized carbons (Fsp3) is 0.818. The molecule has 0 bridgehead atoms. The summed E-state index contributed by atoms with van der Waals surface area (Å²) in [7, 11) is 0. The molecule has 0 aromatic carbocycles. The second-order valence-corrected chi connectivity index (χ2v) is 5.31. The summed E-state index contributed by atoms with van der Waals surface area (Å²) in [5, 5.41) is 4.58. The quantitative estimate of drug-likeness (QED) is 0.633. The number of rotatable bonds is 0. The van der Waals surface area contributed by atoms with Gasteiger partial charge in [-0.05, 0) is 12.8 Å². The Labute approximate surface area is 85.5 Å². The molecule has 3 nitrogen and oxygen atoms in total. The molecule has 78 valence electrons. The molecule has 1 aromatic rings. The first-order valence-electron chi connectivity index (χ1n) is 5.43. The van der Waals surface area contributed by atoms with Gasteiger partial charge in [0.25, 0.3) is 0 Å². The number of aryl methyl sites for hydroxylation is 1. The summed E-state index contributed by atoms with van der Waals surface area (Å²) in [6.07, 6.45) is 2.49. The van der Waals surface area contributed by atoms with Crippen molar-refractivity contribution in [2.24, 2.45) is 0 Å². The van der Waals surface area contributed by atoms with Crippen LogP contribution in [0, 0.1) is 0 Å². The van der Waals surface area contributed by atoms with Crippen molar-refractivity contribution in [1.82, 2.24) is 14.8 Å². The maximum atomic E-state index is 4.65. The molecule has 0 fully saturated rings. The highest BCUT2D eigenvalue weighted by atomic mass is 15.4. The lowest BCUT2D eigenvalue weighted by Gasteiger charge is -2.17. The first-order valence-corrected chi connectivity index (χ1v) is 5.43. The van der Waals surface area contributed by atoms with Crippen LogP contribution in [0.25, 0.3) is 0 Å². The fourth-order valence-corrected chi connectivity index (χ4v) is 1.88. The number of hydrogen-bond acceptors (Lipinski definition) is 2. The molecule has 2 heterocycles. The van der Waals surface area contributed by atoms with Crippen LogP contribution in [-0.2, 0) is 12.0 Å². The Kier molecular flexibility index (Phi) is 2.13. The van der Waals surface area contributed by atoms with Gasteiger partial charge in [0.15, 0.2) is 5.82 Å². The normalized spacial score (nSPS) is 22.1. The van der Waals surface area contributed by atoms with Crippen LogP contribution in [0.1, 0.15) is 58.1 Å². The minimum Gasteiger partial charge on any atom is -0.250 e. The molecule has 0 aliphatic carbocycles. The molecule has 1 aliphatic heterocycles. The Bertz CT molecular complexity index is 333. The average Bonchev–Trinajstić information content (AvgIpc) is 2.48. The Balaban J connectivity index is 2.40. The summed E-state index contributed by atoms with van der Waals surface area (Å²) >= 11 is 0. The highest BCUT2D eigenvalue weighted by Gasteiger charge is 2.25. The van der Waals surface area contributed by atoms with Crippen LogP contribution in [0.5, 0.6) is 0 Å². The van der Waals surface area contributed by atoms with Gasteiger partial charge in [-0.15, -0.1) is 0 Å². The molecule has 1 unspecified atom stereocenters. The van der Waals surface area contributed by atoms with Gasteiger partial charge in [0.2, 0.25) is 0 Å². The Hall–Kier alpha value is -0.860. The van der Waals surface area contributed by atoms with Gasteiger partial charge in [-0.25, -0.2) is 9.67 Å². The third kappa shape index (κ3) is 1.56. The van der Waals surface area contributed by atoms with Crippen molar-refractivity contribution in [3.05, 3.63) is 11.6 Å². The molecule has 0 spiro atoms. The largest absolute Gasteiger partial charge is 0.250 e. The van der Waals surface area contributed by atoms with E-state index in [4.69, 9.17) is 0 Å². The molecule has 1 aromatic heterocycles. The van der Waals surface area contributed by atoms with Crippen molar-refractivity contribution in [1.29, 1.82) is 0 Å². The summed E-state index contributed by atoms with van der Waals surface area (Å²) in [4.78, 5) is 4.65. The second kappa shape index (κ2) is 3.07. The van der Waals surface area contributed by atoms with E-state index in [-0.39, 0.29) is 5.41 Å². The average molecular weight is 193 g/mol. The smallest absolute Gasteiger partial charge is 0.156 e. The topological polar surface area (TPSA) is 30.7 Å². The van der Waals surface area contributed by atoms with E-state index in [1.807, 2.05) is 0 Å². The van der Waals surface area contributed by atoms with Crippen molar-refractivity contribution in [2.45, 2.75) is 58.4 Å². The van der Waals surface area contributed by atoms with Crippen LogP contribution in [-0.4, -0.2) is 14.8 Å².